The van der Waals surface area contributed by atoms with Crippen molar-refractivity contribution in [1.82, 2.24) is 9.80 Å². The Hall–Kier alpha value is -2.97. The molecule has 4 rings (SSSR count). The predicted molar refractivity (Wildman–Crippen MR) is 152 cm³/mol. The molecule has 0 aromatic heterocycles. The van der Waals surface area contributed by atoms with Crippen LogP contribution in [0.3, 0.4) is 0 Å². The maximum atomic E-state index is 14.5. The van der Waals surface area contributed by atoms with Crippen LogP contribution < -0.4 is 0 Å². The van der Waals surface area contributed by atoms with Crippen LogP contribution in [0, 0.1) is 17.8 Å². The van der Waals surface area contributed by atoms with Gasteiger partial charge in [-0.1, -0.05) is 56.3 Å². The Bertz CT molecular complexity index is 1100. The molecule has 2 amide bonds. The molecular formula is C32H44N2O6. The van der Waals surface area contributed by atoms with Crippen molar-refractivity contribution in [3.05, 3.63) is 61.2 Å². The van der Waals surface area contributed by atoms with Crippen LogP contribution in [-0.4, -0.2) is 75.7 Å². The van der Waals surface area contributed by atoms with Gasteiger partial charge >= 0.3 is 5.97 Å². The number of aliphatic hydroxyl groups is 1. The summed E-state index contributed by atoms with van der Waals surface area (Å²) in [6.07, 6.45) is 6.82. The molecule has 0 radical (unpaired) electrons. The monoisotopic (exact) mass is 552 g/mol. The molecule has 2 bridgehead atoms. The molecule has 1 aromatic rings. The van der Waals surface area contributed by atoms with Crippen LogP contribution >= 0.6 is 0 Å². The quantitative estimate of drug-likeness (QED) is 0.214. The van der Waals surface area contributed by atoms with Crippen LogP contribution in [0.5, 0.6) is 0 Å². The molecule has 3 saturated heterocycles. The number of aliphatic hydroxyl groups excluding tert-OH is 1. The molecule has 1 N–H and O–H groups in total. The molecule has 1 aromatic carbocycles. The standard InChI is InChI=1S/C32H44N2O6/c1-6-9-10-14-18-39-30(38)26-25-28(36)34(24(8-3)21-35)27(32(25)19-22(4)31(26,5)40-32)29(37)33(17-7-2)20-23-15-12-11-13-16-23/h6-7,11-13,15-16,22,24-27,35H,1-2,8-10,14,17-21H2,3-5H3/t22?,24-,25-,26-,27?,31+,32?/m0/s1. The Kier molecular flexibility index (Phi) is 9.20. The lowest BCUT2D eigenvalue weighted by Crippen LogP contribution is -2.58. The number of benzene rings is 1. The largest absolute Gasteiger partial charge is 0.465 e. The summed E-state index contributed by atoms with van der Waals surface area (Å²) in [6, 6.07) is 8.11. The first-order valence-electron chi connectivity index (χ1n) is 14.5. The second-order valence-corrected chi connectivity index (χ2v) is 11.6. The van der Waals surface area contributed by atoms with E-state index >= 15 is 0 Å². The van der Waals surface area contributed by atoms with Gasteiger partial charge in [-0.15, -0.1) is 13.2 Å². The van der Waals surface area contributed by atoms with E-state index in [9.17, 15) is 19.5 Å². The van der Waals surface area contributed by atoms with Crippen molar-refractivity contribution in [1.29, 1.82) is 0 Å². The van der Waals surface area contributed by atoms with Crippen molar-refractivity contribution in [3.63, 3.8) is 0 Å². The van der Waals surface area contributed by atoms with Crippen LogP contribution in [0.15, 0.2) is 55.6 Å². The summed E-state index contributed by atoms with van der Waals surface area (Å²) in [6.45, 7) is 13.9. The van der Waals surface area contributed by atoms with E-state index in [0.29, 0.717) is 25.8 Å². The van der Waals surface area contributed by atoms with E-state index in [1.165, 1.54) is 4.90 Å². The van der Waals surface area contributed by atoms with E-state index in [1.807, 2.05) is 57.2 Å². The predicted octanol–water partition coefficient (Wildman–Crippen LogP) is 3.88. The fourth-order valence-electron chi connectivity index (χ4n) is 7.14. The third-order valence-electron chi connectivity index (χ3n) is 9.24. The highest BCUT2D eigenvalue weighted by Gasteiger charge is 2.80. The summed E-state index contributed by atoms with van der Waals surface area (Å²) < 4.78 is 12.5. The molecule has 8 nitrogen and oxygen atoms in total. The number of carbonyl (C=O) groups is 3. The van der Waals surface area contributed by atoms with Gasteiger partial charge in [-0.05, 0) is 50.5 Å². The number of carbonyl (C=O) groups excluding carboxylic acids is 3. The van der Waals surface area contributed by atoms with Gasteiger partial charge in [0, 0.05) is 13.1 Å². The smallest absolute Gasteiger partial charge is 0.312 e. The Morgan fingerprint density at radius 3 is 2.60 bits per heavy atom. The van der Waals surface area contributed by atoms with Gasteiger partial charge in [-0.25, -0.2) is 0 Å². The van der Waals surface area contributed by atoms with Crippen LogP contribution in [0.2, 0.25) is 0 Å². The molecule has 3 aliphatic rings. The molecule has 0 saturated carbocycles. The van der Waals surface area contributed by atoms with Crippen LogP contribution in [0.1, 0.15) is 58.4 Å². The van der Waals surface area contributed by atoms with Crippen molar-refractivity contribution >= 4 is 17.8 Å². The molecule has 3 aliphatic heterocycles. The lowest BCUT2D eigenvalue weighted by Gasteiger charge is -2.39. The summed E-state index contributed by atoms with van der Waals surface area (Å²) in [5, 5.41) is 10.3. The van der Waals surface area contributed by atoms with Gasteiger partial charge in [0.05, 0.1) is 30.8 Å². The van der Waals surface area contributed by atoms with E-state index in [-0.39, 0.29) is 37.5 Å². The minimum Gasteiger partial charge on any atom is -0.465 e. The van der Waals surface area contributed by atoms with Crippen LogP contribution in [-0.2, 0) is 30.4 Å². The average Bonchev–Trinajstić information content (AvgIpc) is 3.46. The van der Waals surface area contributed by atoms with Gasteiger partial charge in [-0.2, -0.15) is 0 Å². The van der Waals surface area contributed by atoms with Crippen LogP contribution in [0.4, 0.5) is 0 Å². The zero-order chi connectivity index (χ0) is 29.1. The van der Waals surface area contributed by atoms with Gasteiger partial charge in [-0.3, -0.25) is 14.4 Å². The van der Waals surface area contributed by atoms with Crippen molar-refractivity contribution in [2.75, 3.05) is 19.8 Å². The van der Waals surface area contributed by atoms with Gasteiger partial charge in [0.15, 0.2) is 0 Å². The number of rotatable bonds is 14. The maximum Gasteiger partial charge on any atom is 0.312 e. The summed E-state index contributed by atoms with van der Waals surface area (Å²) in [5.74, 6) is -2.80. The van der Waals surface area contributed by atoms with Crippen molar-refractivity contribution < 1.29 is 29.0 Å². The second-order valence-electron chi connectivity index (χ2n) is 11.6. The summed E-state index contributed by atoms with van der Waals surface area (Å²) in [7, 11) is 0. The fraction of sp³-hybridized carbons (Fsp3) is 0.594. The zero-order valence-corrected chi connectivity index (χ0v) is 24.1. The second kappa shape index (κ2) is 12.3. The highest BCUT2D eigenvalue weighted by atomic mass is 16.6. The molecule has 8 heteroatoms. The van der Waals surface area contributed by atoms with Crippen molar-refractivity contribution in [2.45, 2.75) is 82.7 Å². The summed E-state index contributed by atoms with van der Waals surface area (Å²) in [5.41, 5.74) is -1.17. The number of fused-ring (bicyclic) bond motifs is 1. The van der Waals surface area contributed by atoms with E-state index in [0.717, 1.165) is 18.4 Å². The normalized spacial score (nSPS) is 31.1. The number of nitrogens with zero attached hydrogens (tertiary/aromatic N) is 2. The fourth-order valence-corrected chi connectivity index (χ4v) is 7.14. The molecular weight excluding hydrogens is 508 g/mol. The SMILES string of the molecule is C=CCCCCOC(=O)[C@@H]1[C@H]2C(=O)N([C@@H](CC)CO)C(C(=O)N(CC=C)Cc3ccccc3)C23CC(C)[C@@]1(C)O3. The first-order valence-corrected chi connectivity index (χ1v) is 14.5. The third kappa shape index (κ3) is 5.00. The highest BCUT2D eigenvalue weighted by molar-refractivity contribution is 5.98. The Labute approximate surface area is 238 Å². The maximum absolute atomic E-state index is 14.5. The highest BCUT2D eigenvalue weighted by Crippen LogP contribution is 2.65. The molecule has 7 atom stereocenters. The van der Waals surface area contributed by atoms with E-state index in [4.69, 9.17) is 9.47 Å². The number of esters is 1. The van der Waals surface area contributed by atoms with E-state index in [2.05, 4.69) is 13.2 Å². The molecule has 40 heavy (non-hydrogen) atoms. The zero-order valence-electron chi connectivity index (χ0n) is 24.1. The number of hydrogen-bond acceptors (Lipinski definition) is 6. The first-order chi connectivity index (χ1) is 19.2. The third-order valence-corrected chi connectivity index (χ3v) is 9.24. The number of allylic oxidation sites excluding steroid dienone is 1. The van der Waals surface area contributed by atoms with Crippen LogP contribution in [0.25, 0.3) is 0 Å². The first kappa shape index (κ1) is 30.0. The summed E-state index contributed by atoms with van der Waals surface area (Å²) in [4.78, 5) is 45.6. The Morgan fingerprint density at radius 1 is 1.25 bits per heavy atom. The Morgan fingerprint density at radius 2 is 1.98 bits per heavy atom. The van der Waals surface area contributed by atoms with Crippen molar-refractivity contribution in [2.24, 2.45) is 17.8 Å². The molecule has 3 fully saturated rings. The molecule has 3 heterocycles. The van der Waals surface area contributed by atoms with Gasteiger partial charge in [0.25, 0.3) is 0 Å². The molecule has 218 valence electrons. The molecule has 3 unspecified atom stereocenters. The number of likely N-dealkylation sites (tertiary alicyclic amines) is 1. The lowest BCUT2D eigenvalue weighted by atomic mass is 9.62. The van der Waals surface area contributed by atoms with E-state index < -0.39 is 41.1 Å². The number of unbranched alkanes of at least 4 members (excludes halogenated alkanes) is 2. The van der Waals surface area contributed by atoms with Gasteiger partial charge in [0.2, 0.25) is 11.8 Å². The molecule has 0 aliphatic carbocycles. The average molecular weight is 553 g/mol. The van der Waals surface area contributed by atoms with Gasteiger partial charge in [0.1, 0.15) is 17.6 Å². The number of amides is 2. The lowest BCUT2D eigenvalue weighted by molar-refractivity contribution is -0.164. The number of hydrogen-bond donors (Lipinski definition) is 1. The van der Waals surface area contributed by atoms with Crippen molar-refractivity contribution in [3.8, 4) is 0 Å². The number of ether oxygens (including phenoxy) is 2. The summed E-state index contributed by atoms with van der Waals surface area (Å²) >= 11 is 0. The minimum atomic E-state index is -1.19. The molecule has 1 spiro atoms. The topological polar surface area (TPSA) is 96.4 Å². The van der Waals surface area contributed by atoms with E-state index in [1.54, 1.807) is 11.0 Å². The van der Waals surface area contributed by atoms with Gasteiger partial charge < -0.3 is 24.4 Å². The minimum absolute atomic E-state index is 0.0821. The Balaban J connectivity index is 1.72.